The fourth-order valence-electron chi connectivity index (χ4n) is 3.39. The van der Waals surface area contributed by atoms with Gasteiger partial charge in [-0.15, -0.1) is 11.3 Å². The molecular formula is C21H19N3O2S. The van der Waals surface area contributed by atoms with E-state index < -0.39 is 0 Å². The fraction of sp³-hybridized carbons (Fsp3) is 0.286. The van der Waals surface area contributed by atoms with E-state index in [2.05, 4.69) is 29.9 Å². The van der Waals surface area contributed by atoms with E-state index in [1.54, 1.807) is 17.7 Å². The molecule has 6 heteroatoms. The van der Waals surface area contributed by atoms with Gasteiger partial charge in [-0.3, -0.25) is 0 Å². The Bertz CT molecular complexity index is 1140. The molecular weight excluding hydrogens is 358 g/mol. The summed E-state index contributed by atoms with van der Waals surface area (Å²) in [5.74, 6) is 0.612. The summed E-state index contributed by atoms with van der Waals surface area (Å²) >= 11 is 1.59. The maximum atomic E-state index is 6.00. The molecule has 0 fully saturated rings. The molecule has 0 unspecified atom stereocenters. The Balaban J connectivity index is 1.56. The lowest BCUT2D eigenvalue weighted by atomic mass is 9.95. The molecule has 0 spiro atoms. The molecule has 0 saturated heterocycles. The molecule has 0 bridgehead atoms. The lowest BCUT2D eigenvalue weighted by molar-refractivity contribution is -0.0411. The van der Waals surface area contributed by atoms with Crippen molar-refractivity contribution in [2.24, 2.45) is 0 Å². The summed E-state index contributed by atoms with van der Waals surface area (Å²) in [6.07, 6.45) is 2.38. The van der Waals surface area contributed by atoms with Gasteiger partial charge < -0.3 is 9.47 Å². The van der Waals surface area contributed by atoms with Gasteiger partial charge in [0, 0.05) is 17.4 Å². The molecule has 27 heavy (non-hydrogen) atoms. The Labute approximate surface area is 161 Å². The minimum absolute atomic E-state index is 0.173. The summed E-state index contributed by atoms with van der Waals surface area (Å²) in [5, 5.41) is 1.05. The number of aromatic nitrogens is 3. The first-order valence-electron chi connectivity index (χ1n) is 8.96. The summed E-state index contributed by atoms with van der Waals surface area (Å²) in [4.78, 5) is 14.8. The molecule has 5 rings (SSSR count). The number of hydrogen-bond donors (Lipinski definition) is 0. The maximum Gasteiger partial charge on any atom is 0.235 e. The standard InChI is InChI=1S/C21H19N3O2S/c1-21(2)9-16-14(11-26-21)8-15-17-18(27-20(15)24-16)19(23-12-22-17)25-10-13-6-4-3-5-7-13/h3-8,12H,9-11H2,1-2H3. The first-order valence-corrected chi connectivity index (χ1v) is 9.77. The van der Waals surface area contributed by atoms with Crippen molar-refractivity contribution in [1.82, 2.24) is 15.0 Å². The molecule has 0 saturated carbocycles. The van der Waals surface area contributed by atoms with Crippen LogP contribution < -0.4 is 4.74 Å². The summed E-state index contributed by atoms with van der Waals surface area (Å²) in [5.41, 5.74) is 4.09. The van der Waals surface area contributed by atoms with Crippen molar-refractivity contribution in [1.29, 1.82) is 0 Å². The zero-order valence-electron chi connectivity index (χ0n) is 15.2. The van der Waals surface area contributed by atoms with E-state index in [-0.39, 0.29) is 5.60 Å². The Morgan fingerprint density at radius 2 is 2.04 bits per heavy atom. The van der Waals surface area contributed by atoms with E-state index in [9.17, 15) is 0 Å². The van der Waals surface area contributed by atoms with E-state index in [0.717, 1.165) is 43.7 Å². The van der Waals surface area contributed by atoms with E-state index >= 15 is 0 Å². The number of benzene rings is 1. The topological polar surface area (TPSA) is 57.1 Å². The Morgan fingerprint density at radius 1 is 1.19 bits per heavy atom. The van der Waals surface area contributed by atoms with Crippen molar-refractivity contribution in [3.8, 4) is 5.88 Å². The van der Waals surface area contributed by atoms with Crippen LogP contribution in [0.25, 0.3) is 20.4 Å². The van der Waals surface area contributed by atoms with Gasteiger partial charge in [-0.1, -0.05) is 30.3 Å². The van der Waals surface area contributed by atoms with Crippen LogP contribution in [0.4, 0.5) is 0 Å². The molecule has 0 atom stereocenters. The van der Waals surface area contributed by atoms with Gasteiger partial charge in [0.1, 0.15) is 22.5 Å². The highest BCUT2D eigenvalue weighted by molar-refractivity contribution is 7.25. The van der Waals surface area contributed by atoms with E-state index in [1.165, 1.54) is 0 Å². The molecule has 1 aromatic carbocycles. The third-order valence-corrected chi connectivity index (χ3v) is 5.89. The largest absolute Gasteiger partial charge is 0.472 e. The van der Waals surface area contributed by atoms with Crippen LogP contribution in [0.5, 0.6) is 5.88 Å². The third kappa shape index (κ3) is 3.05. The normalized spacial score (nSPS) is 15.8. The lowest BCUT2D eigenvalue weighted by Gasteiger charge is -2.30. The monoisotopic (exact) mass is 377 g/mol. The predicted octanol–water partition coefficient (Wildman–Crippen LogP) is 4.67. The van der Waals surface area contributed by atoms with Gasteiger partial charge in [0.15, 0.2) is 0 Å². The zero-order chi connectivity index (χ0) is 18.4. The molecule has 0 radical (unpaired) electrons. The average molecular weight is 377 g/mol. The Kier molecular flexibility index (Phi) is 3.84. The second-order valence-corrected chi connectivity index (χ2v) is 8.40. The predicted molar refractivity (Wildman–Crippen MR) is 106 cm³/mol. The highest BCUT2D eigenvalue weighted by Gasteiger charge is 2.28. The van der Waals surface area contributed by atoms with Crippen molar-refractivity contribution in [2.75, 3.05) is 0 Å². The SMILES string of the molecule is CC1(C)Cc2nc3sc4c(OCc5ccccc5)ncnc4c3cc2CO1. The maximum absolute atomic E-state index is 6.00. The van der Waals surface area contributed by atoms with Gasteiger partial charge in [0.25, 0.3) is 0 Å². The Hall–Kier alpha value is -2.57. The number of pyridine rings is 1. The van der Waals surface area contributed by atoms with Crippen LogP contribution in [-0.2, 0) is 24.4 Å². The number of hydrogen-bond acceptors (Lipinski definition) is 6. The number of thiophene rings is 1. The van der Waals surface area contributed by atoms with Crippen molar-refractivity contribution in [3.05, 3.63) is 59.5 Å². The summed E-state index contributed by atoms with van der Waals surface area (Å²) in [6, 6.07) is 12.3. The van der Waals surface area contributed by atoms with Gasteiger partial charge >= 0.3 is 0 Å². The van der Waals surface area contributed by atoms with Gasteiger partial charge in [-0.2, -0.15) is 0 Å². The van der Waals surface area contributed by atoms with Crippen LogP contribution in [0.2, 0.25) is 0 Å². The van der Waals surface area contributed by atoms with Crippen LogP contribution in [0.15, 0.2) is 42.7 Å². The lowest BCUT2D eigenvalue weighted by Crippen LogP contribution is -2.32. The second-order valence-electron chi connectivity index (χ2n) is 7.40. The smallest absolute Gasteiger partial charge is 0.235 e. The molecule has 4 aromatic rings. The molecule has 0 aliphatic carbocycles. The molecule has 4 heterocycles. The van der Waals surface area contributed by atoms with Crippen molar-refractivity contribution in [3.63, 3.8) is 0 Å². The minimum atomic E-state index is -0.173. The molecule has 0 amide bonds. The number of ether oxygens (including phenoxy) is 2. The minimum Gasteiger partial charge on any atom is -0.472 e. The second kappa shape index (κ2) is 6.25. The zero-order valence-corrected chi connectivity index (χ0v) is 16.0. The summed E-state index contributed by atoms with van der Waals surface area (Å²) in [7, 11) is 0. The highest BCUT2D eigenvalue weighted by atomic mass is 32.1. The van der Waals surface area contributed by atoms with Crippen LogP contribution in [0, 0.1) is 0 Å². The van der Waals surface area contributed by atoms with E-state index in [4.69, 9.17) is 14.5 Å². The molecule has 1 aliphatic rings. The van der Waals surface area contributed by atoms with E-state index in [0.29, 0.717) is 19.1 Å². The highest BCUT2D eigenvalue weighted by Crippen LogP contribution is 2.38. The van der Waals surface area contributed by atoms with Crippen molar-refractivity contribution >= 4 is 31.8 Å². The van der Waals surface area contributed by atoms with E-state index in [1.807, 2.05) is 30.3 Å². The summed E-state index contributed by atoms with van der Waals surface area (Å²) < 4.78 is 12.9. The van der Waals surface area contributed by atoms with Crippen LogP contribution in [-0.4, -0.2) is 20.6 Å². The van der Waals surface area contributed by atoms with Gasteiger partial charge in [0.2, 0.25) is 5.88 Å². The molecule has 5 nitrogen and oxygen atoms in total. The van der Waals surface area contributed by atoms with Crippen molar-refractivity contribution < 1.29 is 9.47 Å². The molecule has 0 N–H and O–H groups in total. The number of rotatable bonds is 3. The first kappa shape index (κ1) is 16.6. The van der Waals surface area contributed by atoms with Gasteiger partial charge in [-0.05, 0) is 25.5 Å². The van der Waals surface area contributed by atoms with Gasteiger partial charge in [-0.25, -0.2) is 15.0 Å². The number of nitrogens with zero attached hydrogens (tertiary/aromatic N) is 3. The van der Waals surface area contributed by atoms with Gasteiger partial charge in [0.05, 0.1) is 23.4 Å². The fourth-order valence-corrected chi connectivity index (χ4v) is 4.47. The van der Waals surface area contributed by atoms with Crippen LogP contribution in [0.1, 0.15) is 30.7 Å². The Morgan fingerprint density at radius 3 is 2.89 bits per heavy atom. The first-order chi connectivity index (χ1) is 13.1. The average Bonchev–Trinajstić information content (AvgIpc) is 3.03. The van der Waals surface area contributed by atoms with Crippen LogP contribution in [0.3, 0.4) is 0 Å². The molecule has 3 aromatic heterocycles. The third-order valence-electron chi connectivity index (χ3n) is 4.81. The molecule has 136 valence electrons. The summed E-state index contributed by atoms with van der Waals surface area (Å²) in [6.45, 7) is 5.28. The number of fused-ring (bicyclic) bond motifs is 4. The molecule has 1 aliphatic heterocycles. The van der Waals surface area contributed by atoms with Crippen molar-refractivity contribution in [2.45, 2.75) is 39.1 Å². The van der Waals surface area contributed by atoms with Crippen LogP contribution >= 0.6 is 11.3 Å². The quantitative estimate of drug-likeness (QED) is 0.519.